The minimum Gasteiger partial charge on any atom is -0.496 e. The van der Waals surface area contributed by atoms with Gasteiger partial charge < -0.3 is 18.6 Å². The van der Waals surface area contributed by atoms with Gasteiger partial charge in [-0.3, -0.25) is 10.1 Å². The Bertz CT molecular complexity index is 1100. The van der Waals surface area contributed by atoms with Crippen molar-refractivity contribution in [1.29, 1.82) is 0 Å². The van der Waals surface area contributed by atoms with E-state index in [2.05, 4.69) is 11.5 Å². The standard InChI is InChI=1S/C21H22O7/c1-11(2)15(28-23)9-13-16(25-4)10-17(26-5)18-19(22)12-7-6-8-14(24-3)20(12)27-21(13)18/h6-8,10,15,23H,1,9H2,2-5H3. The number of hydrogen-bond donors (Lipinski definition) is 1. The number of fused-ring (bicyclic) bond motifs is 2. The molecule has 148 valence electrons. The highest BCUT2D eigenvalue weighted by atomic mass is 17.1. The molecule has 0 aliphatic rings. The van der Waals surface area contributed by atoms with E-state index in [4.69, 9.17) is 18.6 Å². The molecule has 7 nitrogen and oxygen atoms in total. The van der Waals surface area contributed by atoms with Gasteiger partial charge in [-0.2, -0.15) is 0 Å². The van der Waals surface area contributed by atoms with Crippen LogP contribution in [0.2, 0.25) is 0 Å². The van der Waals surface area contributed by atoms with Gasteiger partial charge in [0.2, 0.25) is 5.43 Å². The lowest BCUT2D eigenvalue weighted by Crippen LogP contribution is -2.17. The van der Waals surface area contributed by atoms with Crippen molar-refractivity contribution in [3.05, 3.63) is 52.2 Å². The first-order valence-corrected chi connectivity index (χ1v) is 8.59. The Hall–Kier alpha value is -3.03. The third-order valence-corrected chi connectivity index (χ3v) is 4.69. The molecular formula is C21H22O7. The smallest absolute Gasteiger partial charge is 0.204 e. The molecule has 3 aromatic rings. The van der Waals surface area contributed by atoms with Crippen LogP contribution in [0.15, 0.2) is 45.6 Å². The lowest BCUT2D eigenvalue weighted by molar-refractivity contribution is -0.267. The first-order chi connectivity index (χ1) is 13.5. The molecule has 1 N–H and O–H groups in total. The average molecular weight is 386 g/mol. The second-order valence-electron chi connectivity index (χ2n) is 6.38. The van der Waals surface area contributed by atoms with Crippen LogP contribution in [-0.2, 0) is 11.3 Å². The van der Waals surface area contributed by atoms with Gasteiger partial charge in [0.25, 0.3) is 0 Å². The maximum absolute atomic E-state index is 13.2. The summed E-state index contributed by atoms with van der Waals surface area (Å²) in [5.74, 6) is 1.19. The van der Waals surface area contributed by atoms with Crippen molar-refractivity contribution in [1.82, 2.24) is 0 Å². The second-order valence-corrected chi connectivity index (χ2v) is 6.38. The van der Waals surface area contributed by atoms with E-state index in [1.165, 1.54) is 21.3 Å². The molecule has 2 aromatic carbocycles. The summed E-state index contributed by atoms with van der Waals surface area (Å²) in [4.78, 5) is 17.8. The quantitative estimate of drug-likeness (QED) is 0.285. The van der Waals surface area contributed by atoms with Crippen molar-refractivity contribution in [2.24, 2.45) is 0 Å². The summed E-state index contributed by atoms with van der Waals surface area (Å²) >= 11 is 0. The fraction of sp³-hybridized carbons (Fsp3) is 0.286. The number of para-hydroxylation sites is 1. The number of ether oxygens (including phenoxy) is 3. The molecule has 0 spiro atoms. The topological polar surface area (TPSA) is 87.4 Å². The maximum Gasteiger partial charge on any atom is 0.204 e. The third kappa shape index (κ3) is 3.19. The molecule has 3 rings (SSSR count). The van der Waals surface area contributed by atoms with Crippen LogP contribution in [0.25, 0.3) is 21.9 Å². The van der Waals surface area contributed by atoms with Gasteiger partial charge in [-0.05, 0) is 24.6 Å². The number of rotatable bonds is 7. The lowest BCUT2D eigenvalue weighted by Gasteiger charge is -2.18. The summed E-state index contributed by atoms with van der Waals surface area (Å²) in [7, 11) is 4.47. The fourth-order valence-electron chi connectivity index (χ4n) is 3.20. The normalized spacial score (nSPS) is 12.2. The van der Waals surface area contributed by atoms with Gasteiger partial charge in [0.05, 0.1) is 26.7 Å². The number of hydrogen-bond acceptors (Lipinski definition) is 7. The van der Waals surface area contributed by atoms with E-state index in [0.29, 0.717) is 39.4 Å². The van der Waals surface area contributed by atoms with E-state index in [1.54, 1.807) is 31.2 Å². The molecule has 0 fully saturated rings. The zero-order chi connectivity index (χ0) is 20.4. The molecule has 1 unspecified atom stereocenters. The SMILES string of the molecule is C=C(C)C(Cc1c(OC)cc(OC)c2c(=O)c3cccc(OC)c3oc12)OO. The van der Waals surface area contributed by atoms with Gasteiger partial charge in [-0.1, -0.05) is 12.6 Å². The predicted octanol–water partition coefficient (Wildman–Crippen LogP) is 3.95. The van der Waals surface area contributed by atoms with Gasteiger partial charge >= 0.3 is 0 Å². The van der Waals surface area contributed by atoms with Crippen molar-refractivity contribution in [3.63, 3.8) is 0 Å². The summed E-state index contributed by atoms with van der Waals surface area (Å²) in [6.07, 6.45) is -0.525. The summed E-state index contributed by atoms with van der Waals surface area (Å²) in [5, 5.41) is 9.91. The first-order valence-electron chi connectivity index (χ1n) is 8.59. The van der Waals surface area contributed by atoms with Crippen LogP contribution in [0.4, 0.5) is 0 Å². The zero-order valence-electron chi connectivity index (χ0n) is 16.2. The molecule has 0 saturated carbocycles. The highest BCUT2D eigenvalue weighted by Gasteiger charge is 2.24. The minimum atomic E-state index is -0.704. The van der Waals surface area contributed by atoms with Crippen LogP contribution < -0.4 is 19.6 Å². The molecular weight excluding hydrogens is 364 g/mol. The summed E-state index contributed by atoms with van der Waals surface area (Å²) in [6.45, 7) is 5.55. The van der Waals surface area contributed by atoms with Crippen LogP contribution in [-0.4, -0.2) is 32.7 Å². The Morgan fingerprint density at radius 2 is 1.79 bits per heavy atom. The van der Waals surface area contributed by atoms with Crippen LogP contribution >= 0.6 is 0 Å². The summed E-state index contributed by atoms with van der Waals surface area (Å²) in [6, 6.07) is 6.71. The molecule has 1 aromatic heterocycles. The molecule has 7 heteroatoms. The highest BCUT2D eigenvalue weighted by molar-refractivity contribution is 5.97. The van der Waals surface area contributed by atoms with Crippen LogP contribution in [0.1, 0.15) is 12.5 Å². The van der Waals surface area contributed by atoms with Crippen molar-refractivity contribution < 1.29 is 28.8 Å². The van der Waals surface area contributed by atoms with E-state index in [1.807, 2.05) is 0 Å². The van der Waals surface area contributed by atoms with Crippen molar-refractivity contribution in [3.8, 4) is 17.2 Å². The minimum absolute atomic E-state index is 0.180. The largest absolute Gasteiger partial charge is 0.496 e. The van der Waals surface area contributed by atoms with Gasteiger partial charge in [-0.15, -0.1) is 0 Å². The molecule has 1 atom stereocenters. The van der Waals surface area contributed by atoms with Crippen molar-refractivity contribution in [2.75, 3.05) is 21.3 Å². The Kier molecular flexibility index (Phi) is 5.58. The van der Waals surface area contributed by atoms with E-state index >= 15 is 0 Å². The van der Waals surface area contributed by atoms with Crippen LogP contribution in [0.3, 0.4) is 0 Å². The van der Waals surface area contributed by atoms with Crippen molar-refractivity contribution >= 4 is 21.9 Å². The highest BCUT2D eigenvalue weighted by Crippen LogP contribution is 2.38. The van der Waals surface area contributed by atoms with Crippen molar-refractivity contribution in [2.45, 2.75) is 19.4 Å². The van der Waals surface area contributed by atoms with E-state index in [-0.39, 0.29) is 22.8 Å². The predicted molar refractivity (Wildman–Crippen MR) is 106 cm³/mol. The Labute approximate surface area is 161 Å². The molecule has 0 saturated heterocycles. The van der Waals surface area contributed by atoms with Gasteiger partial charge in [0.15, 0.2) is 11.3 Å². The monoisotopic (exact) mass is 386 g/mol. The molecule has 1 heterocycles. The number of methoxy groups -OCH3 is 3. The van der Waals surface area contributed by atoms with Gasteiger partial charge in [0, 0.05) is 18.1 Å². The second kappa shape index (κ2) is 7.92. The lowest BCUT2D eigenvalue weighted by atomic mass is 9.98. The Morgan fingerprint density at radius 1 is 1.11 bits per heavy atom. The van der Waals surface area contributed by atoms with Crippen LogP contribution in [0.5, 0.6) is 17.2 Å². The third-order valence-electron chi connectivity index (χ3n) is 4.69. The Morgan fingerprint density at radius 3 is 2.36 bits per heavy atom. The van der Waals surface area contributed by atoms with Crippen LogP contribution in [0, 0.1) is 0 Å². The number of benzene rings is 2. The Balaban J connectivity index is 2.47. The maximum atomic E-state index is 13.2. The molecule has 0 aliphatic carbocycles. The first kappa shape index (κ1) is 19.7. The zero-order valence-corrected chi connectivity index (χ0v) is 16.2. The summed E-state index contributed by atoms with van der Waals surface area (Å²) < 4.78 is 22.4. The average Bonchev–Trinajstić information content (AvgIpc) is 2.71. The summed E-state index contributed by atoms with van der Waals surface area (Å²) in [5.41, 5.74) is 1.49. The molecule has 28 heavy (non-hydrogen) atoms. The van der Waals surface area contributed by atoms with E-state index < -0.39 is 6.10 Å². The van der Waals surface area contributed by atoms with E-state index in [0.717, 1.165) is 0 Å². The fourth-order valence-corrected chi connectivity index (χ4v) is 3.20. The molecule has 0 radical (unpaired) electrons. The van der Waals surface area contributed by atoms with Gasteiger partial charge in [-0.25, -0.2) is 4.89 Å². The molecule has 0 amide bonds. The van der Waals surface area contributed by atoms with E-state index in [9.17, 15) is 10.1 Å². The van der Waals surface area contributed by atoms with Gasteiger partial charge in [0.1, 0.15) is 28.6 Å². The molecule has 0 bridgehead atoms. The molecule has 0 aliphatic heterocycles.